The Kier molecular flexibility index (Phi) is 3.87. The molecule has 3 rings (SSSR count). The van der Waals surface area contributed by atoms with Gasteiger partial charge < -0.3 is 0 Å². The van der Waals surface area contributed by atoms with Gasteiger partial charge in [-0.25, -0.2) is 8.78 Å². The Hall–Kier alpha value is -1.59. The maximum atomic E-state index is 13.2. The lowest BCUT2D eigenvalue weighted by molar-refractivity contribution is 0.0997. The maximum Gasteiger partial charge on any atom is 0.177 e. The third kappa shape index (κ3) is 3.04. The van der Waals surface area contributed by atoms with E-state index in [1.165, 1.54) is 29.5 Å². The number of Topliss-reactive ketones (excluding diaryl/α,β-unsaturated/α-hetero) is 1. The van der Waals surface area contributed by atoms with E-state index in [4.69, 9.17) is 0 Å². The normalized spacial score (nSPS) is 11.0. The summed E-state index contributed by atoms with van der Waals surface area (Å²) < 4.78 is 27.4. The van der Waals surface area contributed by atoms with Gasteiger partial charge in [0.25, 0.3) is 0 Å². The topological polar surface area (TPSA) is 17.1 Å². The first-order valence-electron chi connectivity index (χ1n) is 6.19. The summed E-state index contributed by atoms with van der Waals surface area (Å²) in [4.78, 5) is 12.9. The van der Waals surface area contributed by atoms with E-state index in [2.05, 4.69) is 15.9 Å². The zero-order valence-electron chi connectivity index (χ0n) is 10.7. The standard InChI is InChI=1S/C16H9BrF2OS/c17-12-5-9(1-4-13(12)19)6-14(20)16-7-10-2-3-11(18)8-15(10)21-16/h1-5,7-8H,6H2. The van der Waals surface area contributed by atoms with Crippen LogP contribution in [-0.4, -0.2) is 5.78 Å². The number of carbonyl (C=O) groups is 1. The van der Waals surface area contributed by atoms with Gasteiger partial charge in [0, 0.05) is 11.1 Å². The van der Waals surface area contributed by atoms with E-state index in [1.807, 2.05) is 0 Å². The first-order chi connectivity index (χ1) is 10.0. The van der Waals surface area contributed by atoms with Gasteiger partial charge in [0.15, 0.2) is 5.78 Å². The summed E-state index contributed by atoms with van der Waals surface area (Å²) in [6, 6.07) is 10.7. The number of hydrogen-bond donors (Lipinski definition) is 0. The number of hydrogen-bond acceptors (Lipinski definition) is 2. The SMILES string of the molecule is O=C(Cc1ccc(F)c(Br)c1)c1cc2ccc(F)cc2s1. The number of carbonyl (C=O) groups excluding carboxylic acids is 1. The fourth-order valence-corrected chi connectivity index (χ4v) is 3.52. The van der Waals surface area contributed by atoms with Crippen molar-refractivity contribution in [2.75, 3.05) is 0 Å². The van der Waals surface area contributed by atoms with Crippen LogP contribution < -0.4 is 0 Å². The van der Waals surface area contributed by atoms with Crippen LogP contribution >= 0.6 is 27.3 Å². The highest BCUT2D eigenvalue weighted by atomic mass is 79.9. The van der Waals surface area contributed by atoms with Crippen LogP contribution in [-0.2, 0) is 6.42 Å². The molecule has 0 atom stereocenters. The molecule has 0 saturated heterocycles. The minimum atomic E-state index is -0.358. The van der Waals surface area contributed by atoms with Crippen molar-refractivity contribution in [2.45, 2.75) is 6.42 Å². The third-order valence-electron chi connectivity index (χ3n) is 3.11. The molecule has 0 bridgehead atoms. The molecule has 0 unspecified atom stereocenters. The Balaban J connectivity index is 1.87. The monoisotopic (exact) mass is 366 g/mol. The van der Waals surface area contributed by atoms with E-state index in [1.54, 1.807) is 24.3 Å². The molecule has 0 aliphatic carbocycles. The zero-order valence-corrected chi connectivity index (χ0v) is 13.1. The van der Waals surface area contributed by atoms with Crippen molar-refractivity contribution in [3.05, 3.63) is 69.0 Å². The van der Waals surface area contributed by atoms with E-state index in [9.17, 15) is 13.6 Å². The number of rotatable bonds is 3. The van der Waals surface area contributed by atoms with E-state index in [0.717, 1.165) is 15.6 Å². The van der Waals surface area contributed by atoms with Gasteiger partial charge in [0.1, 0.15) is 11.6 Å². The lowest BCUT2D eigenvalue weighted by atomic mass is 10.1. The fourth-order valence-electron chi connectivity index (χ4n) is 2.06. The number of ketones is 1. The van der Waals surface area contributed by atoms with Crippen LogP contribution in [0.25, 0.3) is 10.1 Å². The van der Waals surface area contributed by atoms with Gasteiger partial charge in [-0.1, -0.05) is 12.1 Å². The molecule has 0 aliphatic heterocycles. The van der Waals surface area contributed by atoms with Crippen LogP contribution in [0.4, 0.5) is 8.78 Å². The van der Waals surface area contributed by atoms with Gasteiger partial charge in [-0.15, -0.1) is 11.3 Å². The molecule has 0 spiro atoms. The smallest absolute Gasteiger partial charge is 0.177 e. The van der Waals surface area contributed by atoms with Gasteiger partial charge in [0.2, 0.25) is 0 Å². The van der Waals surface area contributed by atoms with Crippen molar-refractivity contribution in [1.29, 1.82) is 0 Å². The van der Waals surface area contributed by atoms with E-state index in [0.29, 0.717) is 9.35 Å². The molecule has 2 aromatic carbocycles. The van der Waals surface area contributed by atoms with Gasteiger partial charge >= 0.3 is 0 Å². The third-order valence-corrected chi connectivity index (χ3v) is 4.85. The minimum Gasteiger partial charge on any atom is -0.293 e. The molecule has 1 nitrogen and oxygen atoms in total. The van der Waals surface area contributed by atoms with Gasteiger partial charge in [-0.3, -0.25) is 4.79 Å². The van der Waals surface area contributed by atoms with Crippen molar-refractivity contribution < 1.29 is 13.6 Å². The molecule has 0 aliphatic rings. The summed E-state index contributed by atoms with van der Waals surface area (Å²) in [7, 11) is 0. The highest BCUT2D eigenvalue weighted by Crippen LogP contribution is 2.27. The lowest BCUT2D eigenvalue weighted by Gasteiger charge is -2.01. The Bertz CT molecular complexity index is 841. The van der Waals surface area contributed by atoms with E-state index in [-0.39, 0.29) is 23.8 Å². The summed E-state index contributed by atoms with van der Waals surface area (Å²) in [5, 5.41) is 0.852. The van der Waals surface area contributed by atoms with Crippen molar-refractivity contribution in [1.82, 2.24) is 0 Å². The summed E-state index contributed by atoms with van der Waals surface area (Å²) >= 11 is 4.37. The molecule has 0 saturated carbocycles. The first kappa shape index (κ1) is 14.4. The quantitative estimate of drug-likeness (QED) is 0.569. The summed E-state index contributed by atoms with van der Waals surface area (Å²) in [6.45, 7) is 0. The molecule has 1 heterocycles. The van der Waals surface area contributed by atoms with Gasteiger partial charge in [-0.05, 0) is 57.2 Å². The molecule has 106 valence electrons. The first-order valence-corrected chi connectivity index (χ1v) is 7.80. The number of benzene rings is 2. The Morgan fingerprint density at radius 1 is 1.10 bits per heavy atom. The Morgan fingerprint density at radius 2 is 1.90 bits per heavy atom. The number of fused-ring (bicyclic) bond motifs is 1. The molecule has 0 amide bonds. The van der Waals surface area contributed by atoms with E-state index < -0.39 is 0 Å². The second-order valence-electron chi connectivity index (χ2n) is 4.64. The Morgan fingerprint density at radius 3 is 2.67 bits per heavy atom. The molecule has 5 heteroatoms. The highest BCUT2D eigenvalue weighted by molar-refractivity contribution is 9.10. The largest absolute Gasteiger partial charge is 0.293 e. The summed E-state index contributed by atoms with van der Waals surface area (Å²) in [5.74, 6) is -0.732. The second-order valence-corrected chi connectivity index (χ2v) is 6.58. The van der Waals surface area contributed by atoms with Crippen LogP contribution in [0, 0.1) is 11.6 Å². The average Bonchev–Trinajstić information content (AvgIpc) is 2.86. The molecule has 1 aromatic heterocycles. The number of thiophene rings is 1. The predicted molar refractivity (Wildman–Crippen MR) is 83.9 cm³/mol. The van der Waals surface area contributed by atoms with Crippen molar-refractivity contribution >= 4 is 43.1 Å². The van der Waals surface area contributed by atoms with Crippen molar-refractivity contribution in [3.63, 3.8) is 0 Å². The molecule has 0 radical (unpaired) electrons. The minimum absolute atomic E-state index is 0.0601. The summed E-state index contributed by atoms with van der Waals surface area (Å²) in [6.07, 6.45) is 0.189. The molecular formula is C16H9BrF2OS. The molecule has 3 aromatic rings. The molecule has 0 fully saturated rings. The highest BCUT2D eigenvalue weighted by Gasteiger charge is 2.12. The van der Waals surface area contributed by atoms with E-state index >= 15 is 0 Å². The second kappa shape index (κ2) is 5.66. The van der Waals surface area contributed by atoms with Crippen LogP contribution in [0.5, 0.6) is 0 Å². The number of halogens is 3. The Labute approximate surface area is 132 Å². The molecular weight excluding hydrogens is 358 g/mol. The molecule has 21 heavy (non-hydrogen) atoms. The maximum absolute atomic E-state index is 13.2. The van der Waals surface area contributed by atoms with Crippen LogP contribution in [0.15, 0.2) is 46.9 Å². The van der Waals surface area contributed by atoms with Crippen molar-refractivity contribution in [2.24, 2.45) is 0 Å². The van der Waals surface area contributed by atoms with Gasteiger partial charge in [-0.2, -0.15) is 0 Å². The summed E-state index contributed by atoms with van der Waals surface area (Å²) in [5.41, 5.74) is 0.733. The lowest BCUT2D eigenvalue weighted by Crippen LogP contribution is -2.01. The van der Waals surface area contributed by atoms with Crippen LogP contribution in [0.3, 0.4) is 0 Å². The molecule has 0 N–H and O–H groups in total. The average molecular weight is 367 g/mol. The fraction of sp³-hybridized carbons (Fsp3) is 0.0625. The van der Waals surface area contributed by atoms with Crippen LogP contribution in [0.1, 0.15) is 15.2 Å². The van der Waals surface area contributed by atoms with Crippen LogP contribution in [0.2, 0.25) is 0 Å². The predicted octanol–water partition coefficient (Wildman–Crippen LogP) is 5.37. The van der Waals surface area contributed by atoms with Gasteiger partial charge in [0.05, 0.1) is 9.35 Å². The van der Waals surface area contributed by atoms with Crippen molar-refractivity contribution in [3.8, 4) is 0 Å². The zero-order chi connectivity index (χ0) is 15.0.